The Labute approximate surface area is 139 Å². The number of ether oxygens (including phenoxy) is 1. The van der Waals surface area contributed by atoms with E-state index in [2.05, 4.69) is 15.0 Å². The Balaban J connectivity index is 1.56. The Kier molecular flexibility index (Phi) is 3.88. The van der Waals surface area contributed by atoms with Crippen LogP contribution in [0.4, 0.5) is 0 Å². The summed E-state index contributed by atoms with van der Waals surface area (Å²) in [6.07, 6.45) is 4.67. The summed E-state index contributed by atoms with van der Waals surface area (Å²) in [6.45, 7) is 1.47. The molecule has 0 spiro atoms. The van der Waals surface area contributed by atoms with E-state index in [-0.39, 0.29) is 12.0 Å². The molecule has 0 N–H and O–H groups in total. The summed E-state index contributed by atoms with van der Waals surface area (Å²) in [7, 11) is 0. The van der Waals surface area contributed by atoms with Crippen molar-refractivity contribution in [2.45, 2.75) is 6.10 Å². The molecular formula is C18H16N4O2. The second-order valence-electron chi connectivity index (χ2n) is 5.63. The number of carbonyl (C=O) groups is 1. The summed E-state index contributed by atoms with van der Waals surface area (Å²) in [5.74, 6) is -0.0852. The normalized spacial score (nSPS) is 17.8. The maximum Gasteiger partial charge on any atom is 0.272 e. The fourth-order valence-corrected chi connectivity index (χ4v) is 2.84. The summed E-state index contributed by atoms with van der Waals surface area (Å²) in [6, 6.07) is 11.5. The molecule has 4 rings (SSSR count). The van der Waals surface area contributed by atoms with Crippen molar-refractivity contribution in [2.24, 2.45) is 0 Å². The molecule has 0 bridgehead atoms. The van der Waals surface area contributed by atoms with E-state index >= 15 is 0 Å². The average molecular weight is 320 g/mol. The second-order valence-corrected chi connectivity index (χ2v) is 5.63. The molecule has 1 atom stereocenters. The van der Waals surface area contributed by atoms with Gasteiger partial charge in [0.2, 0.25) is 0 Å². The van der Waals surface area contributed by atoms with Crippen LogP contribution in [-0.4, -0.2) is 45.5 Å². The highest BCUT2D eigenvalue weighted by molar-refractivity contribution is 5.95. The lowest BCUT2D eigenvalue weighted by Crippen LogP contribution is -2.42. The van der Waals surface area contributed by atoms with Gasteiger partial charge in [0.25, 0.3) is 5.91 Å². The number of hydrogen-bond acceptors (Lipinski definition) is 5. The molecule has 6 heteroatoms. The molecule has 1 aromatic carbocycles. The summed E-state index contributed by atoms with van der Waals surface area (Å²) >= 11 is 0. The summed E-state index contributed by atoms with van der Waals surface area (Å²) in [5, 5.41) is 1.02. The number of morpholine rings is 1. The van der Waals surface area contributed by atoms with E-state index in [1.54, 1.807) is 29.6 Å². The molecule has 0 aliphatic carbocycles. The van der Waals surface area contributed by atoms with E-state index < -0.39 is 0 Å². The molecule has 6 nitrogen and oxygen atoms in total. The maximum atomic E-state index is 12.8. The van der Waals surface area contributed by atoms with Gasteiger partial charge in [0.05, 0.1) is 30.6 Å². The summed E-state index contributed by atoms with van der Waals surface area (Å²) < 4.78 is 5.73. The highest BCUT2D eigenvalue weighted by atomic mass is 16.5. The zero-order valence-corrected chi connectivity index (χ0v) is 13.0. The SMILES string of the molecule is O=C(c1ccc2ccccc2n1)N1CCO[C@@H](c2cnccn2)C1. The van der Waals surface area contributed by atoms with E-state index in [0.29, 0.717) is 25.4 Å². The van der Waals surface area contributed by atoms with Gasteiger partial charge in [0, 0.05) is 24.3 Å². The largest absolute Gasteiger partial charge is 0.368 e. The molecule has 3 heterocycles. The third-order valence-corrected chi connectivity index (χ3v) is 4.08. The van der Waals surface area contributed by atoms with Crippen LogP contribution >= 0.6 is 0 Å². The smallest absolute Gasteiger partial charge is 0.272 e. The van der Waals surface area contributed by atoms with Gasteiger partial charge in [0.15, 0.2) is 0 Å². The number of hydrogen-bond donors (Lipinski definition) is 0. The van der Waals surface area contributed by atoms with Crippen LogP contribution in [0.5, 0.6) is 0 Å². The van der Waals surface area contributed by atoms with E-state index in [1.165, 1.54) is 0 Å². The van der Waals surface area contributed by atoms with Crippen molar-refractivity contribution in [2.75, 3.05) is 19.7 Å². The van der Waals surface area contributed by atoms with Gasteiger partial charge in [-0.25, -0.2) is 4.98 Å². The van der Waals surface area contributed by atoms with Crippen molar-refractivity contribution >= 4 is 16.8 Å². The van der Waals surface area contributed by atoms with Gasteiger partial charge in [-0.15, -0.1) is 0 Å². The number of aromatic nitrogens is 3. The highest BCUT2D eigenvalue weighted by Crippen LogP contribution is 2.21. The van der Waals surface area contributed by atoms with Gasteiger partial charge in [-0.1, -0.05) is 24.3 Å². The predicted molar refractivity (Wildman–Crippen MR) is 88.4 cm³/mol. The van der Waals surface area contributed by atoms with Gasteiger partial charge in [-0.2, -0.15) is 0 Å². The van der Waals surface area contributed by atoms with Crippen molar-refractivity contribution in [1.82, 2.24) is 19.9 Å². The van der Waals surface area contributed by atoms with Gasteiger partial charge >= 0.3 is 0 Å². The highest BCUT2D eigenvalue weighted by Gasteiger charge is 2.27. The van der Waals surface area contributed by atoms with E-state index in [4.69, 9.17) is 4.74 Å². The third-order valence-electron chi connectivity index (χ3n) is 4.08. The number of nitrogens with zero attached hydrogens (tertiary/aromatic N) is 4. The Morgan fingerprint density at radius 1 is 1.17 bits per heavy atom. The lowest BCUT2D eigenvalue weighted by Gasteiger charge is -2.32. The molecule has 1 aliphatic rings. The molecule has 1 fully saturated rings. The van der Waals surface area contributed by atoms with Crippen LogP contribution in [0.25, 0.3) is 10.9 Å². The monoisotopic (exact) mass is 320 g/mol. The van der Waals surface area contributed by atoms with Crippen molar-refractivity contribution in [3.05, 3.63) is 66.4 Å². The summed E-state index contributed by atoms with van der Waals surface area (Å²) in [5.41, 5.74) is 2.01. The first-order chi connectivity index (χ1) is 11.8. The molecular weight excluding hydrogens is 304 g/mol. The van der Waals surface area contributed by atoms with Crippen LogP contribution in [0.1, 0.15) is 22.3 Å². The van der Waals surface area contributed by atoms with Crippen molar-refractivity contribution < 1.29 is 9.53 Å². The van der Waals surface area contributed by atoms with Crippen LogP contribution in [-0.2, 0) is 4.74 Å². The fourth-order valence-electron chi connectivity index (χ4n) is 2.84. The molecule has 2 aromatic heterocycles. The molecule has 0 saturated carbocycles. The standard InChI is InChI=1S/C18H16N4O2/c23-18(15-6-5-13-3-1-2-4-14(13)21-15)22-9-10-24-17(12-22)16-11-19-7-8-20-16/h1-8,11,17H,9-10,12H2/t17-/m1/s1. The molecule has 24 heavy (non-hydrogen) atoms. The third kappa shape index (κ3) is 2.83. The first-order valence-electron chi connectivity index (χ1n) is 7.84. The molecule has 0 radical (unpaired) electrons. The van der Waals surface area contributed by atoms with Crippen LogP contribution in [0.3, 0.4) is 0 Å². The Morgan fingerprint density at radius 2 is 2.08 bits per heavy atom. The maximum absolute atomic E-state index is 12.8. The topological polar surface area (TPSA) is 68.2 Å². The second kappa shape index (κ2) is 6.33. The van der Waals surface area contributed by atoms with Gasteiger partial charge < -0.3 is 9.64 Å². The minimum atomic E-state index is -0.253. The zero-order valence-electron chi connectivity index (χ0n) is 13.0. The first kappa shape index (κ1) is 14.7. The molecule has 3 aromatic rings. The molecule has 0 unspecified atom stereocenters. The Morgan fingerprint density at radius 3 is 2.96 bits per heavy atom. The van der Waals surface area contributed by atoms with Gasteiger partial charge in [-0.05, 0) is 12.1 Å². The quantitative estimate of drug-likeness (QED) is 0.724. The number of pyridine rings is 1. The lowest BCUT2D eigenvalue weighted by atomic mass is 10.1. The van der Waals surface area contributed by atoms with Gasteiger partial charge in [0.1, 0.15) is 11.8 Å². The zero-order chi connectivity index (χ0) is 16.4. The minimum absolute atomic E-state index is 0.0852. The fraction of sp³-hybridized carbons (Fsp3) is 0.222. The number of para-hydroxylation sites is 1. The van der Waals surface area contributed by atoms with Crippen LogP contribution in [0, 0.1) is 0 Å². The van der Waals surface area contributed by atoms with Crippen LogP contribution < -0.4 is 0 Å². The number of carbonyl (C=O) groups excluding carboxylic acids is 1. The minimum Gasteiger partial charge on any atom is -0.368 e. The number of rotatable bonds is 2. The summed E-state index contributed by atoms with van der Waals surface area (Å²) in [4.78, 5) is 27.4. The van der Waals surface area contributed by atoms with Crippen LogP contribution in [0.2, 0.25) is 0 Å². The predicted octanol–water partition coefficient (Wildman–Crippen LogP) is 2.24. The van der Waals surface area contributed by atoms with Crippen LogP contribution in [0.15, 0.2) is 55.0 Å². The average Bonchev–Trinajstić information content (AvgIpc) is 2.68. The Hall–Kier alpha value is -2.86. The van der Waals surface area contributed by atoms with Gasteiger partial charge in [-0.3, -0.25) is 14.8 Å². The van der Waals surface area contributed by atoms with Crippen molar-refractivity contribution in [3.8, 4) is 0 Å². The molecule has 120 valence electrons. The molecule has 1 aliphatic heterocycles. The van der Waals surface area contributed by atoms with Crippen molar-refractivity contribution in [3.63, 3.8) is 0 Å². The number of fused-ring (bicyclic) bond motifs is 1. The first-order valence-corrected chi connectivity index (χ1v) is 7.84. The van der Waals surface area contributed by atoms with E-state index in [9.17, 15) is 4.79 Å². The Bertz CT molecular complexity index is 869. The van der Waals surface area contributed by atoms with E-state index in [0.717, 1.165) is 16.6 Å². The number of amides is 1. The number of benzene rings is 1. The van der Waals surface area contributed by atoms with Crippen molar-refractivity contribution in [1.29, 1.82) is 0 Å². The molecule has 1 amide bonds. The lowest BCUT2D eigenvalue weighted by molar-refractivity contribution is -0.0250. The molecule has 1 saturated heterocycles. The van der Waals surface area contributed by atoms with E-state index in [1.807, 2.05) is 30.3 Å².